The van der Waals surface area contributed by atoms with Gasteiger partial charge in [0.2, 0.25) is 0 Å². The van der Waals surface area contributed by atoms with E-state index >= 15 is 0 Å². The first-order valence-electron chi connectivity index (χ1n) is 6.77. The summed E-state index contributed by atoms with van der Waals surface area (Å²) in [6.07, 6.45) is 1.90. The van der Waals surface area contributed by atoms with Gasteiger partial charge in [-0.1, -0.05) is 20.8 Å². The van der Waals surface area contributed by atoms with Crippen LogP contribution >= 0.6 is 0 Å². The van der Waals surface area contributed by atoms with Crippen LogP contribution in [0.25, 0.3) is 0 Å². The molecule has 1 aromatic carbocycles. The highest BCUT2D eigenvalue weighted by molar-refractivity contribution is 6.13. The summed E-state index contributed by atoms with van der Waals surface area (Å²) >= 11 is 0. The Balaban J connectivity index is 2.34. The fourth-order valence-electron chi connectivity index (χ4n) is 2.17. The Hall–Kier alpha value is -1.10. The van der Waals surface area contributed by atoms with Crippen molar-refractivity contribution in [3.05, 3.63) is 29.3 Å². The molecule has 0 aromatic heterocycles. The first-order valence-corrected chi connectivity index (χ1v) is 6.77. The molecule has 1 aliphatic rings. The zero-order valence-electron chi connectivity index (χ0n) is 12.0. The van der Waals surface area contributed by atoms with Crippen LogP contribution < -0.4 is 4.74 Å². The minimum absolute atomic E-state index is 0.154. The summed E-state index contributed by atoms with van der Waals surface area (Å²) in [5.41, 5.74) is -1.70. The van der Waals surface area contributed by atoms with E-state index in [4.69, 9.17) is 12.6 Å². The Labute approximate surface area is 119 Å². The molecule has 1 fully saturated rings. The minimum atomic E-state index is -1.90. The summed E-state index contributed by atoms with van der Waals surface area (Å²) < 4.78 is 32.6. The highest BCUT2D eigenvalue weighted by Gasteiger charge is 2.42. The Morgan fingerprint density at radius 3 is 2.40 bits per heavy atom. The Bertz CT molecular complexity index is 505. The monoisotopic (exact) mass is 280 g/mol. The van der Waals surface area contributed by atoms with Crippen LogP contribution in [0.15, 0.2) is 12.1 Å². The van der Waals surface area contributed by atoms with Crippen molar-refractivity contribution in [2.45, 2.75) is 45.7 Å². The van der Waals surface area contributed by atoms with Gasteiger partial charge >= 0.3 is 0 Å². The minimum Gasteiger partial charge on any atom is -0.469 e. The van der Waals surface area contributed by atoms with E-state index in [0.29, 0.717) is 12.0 Å². The summed E-state index contributed by atoms with van der Waals surface area (Å²) in [5, 5.41) is 10.0. The lowest BCUT2D eigenvalue weighted by molar-refractivity contribution is -0.0819. The second-order valence-electron chi connectivity index (χ2n) is 6.74. The first kappa shape index (κ1) is 15.3. The van der Waals surface area contributed by atoms with Crippen LogP contribution in [0, 0.1) is 23.0 Å². The van der Waals surface area contributed by atoms with Crippen LogP contribution in [0.3, 0.4) is 0 Å². The zero-order valence-corrected chi connectivity index (χ0v) is 12.0. The van der Waals surface area contributed by atoms with Gasteiger partial charge in [-0.15, -0.1) is 0 Å². The lowest BCUT2D eigenvalue weighted by atomic mass is 9.86. The van der Waals surface area contributed by atoms with Gasteiger partial charge in [0, 0.05) is 17.5 Å². The molecule has 0 bridgehead atoms. The van der Waals surface area contributed by atoms with Gasteiger partial charge in [0.25, 0.3) is 0 Å². The maximum Gasteiger partial charge on any atom is 0.173 e. The van der Waals surface area contributed by atoms with Crippen molar-refractivity contribution in [1.82, 2.24) is 0 Å². The molecule has 2 nitrogen and oxygen atoms in total. The van der Waals surface area contributed by atoms with E-state index in [1.165, 1.54) is 6.07 Å². The number of hydrogen-bond acceptors (Lipinski definition) is 2. The molecular weight excluding hydrogens is 261 g/mol. The van der Waals surface area contributed by atoms with Crippen molar-refractivity contribution >= 4 is 7.85 Å². The standard InChI is InChI=1S/C15H19BF2O2/c1-14(2,3)8-9-6-11(17)7-12(18)13(9)20-15(16,19)10-4-5-10/h6-7,10,19H,4-5,8H2,1-3H3. The first-order chi connectivity index (χ1) is 9.08. The fraction of sp³-hybridized carbons (Fsp3) is 0.600. The highest BCUT2D eigenvalue weighted by atomic mass is 19.1. The third-order valence-corrected chi connectivity index (χ3v) is 3.23. The molecule has 108 valence electrons. The molecule has 2 radical (unpaired) electrons. The quantitative estimate of drug-likeness (QED) is 0.678. The van der Waals surface area contributed by atoms with Gasteiger partial charge in [-0.2, -0.15) is 0 Å². The molecule has 0 saturated heterocycles. The lowest BCUT2D eigenvalue weighted by Crippen LogP contribution is -2.39. The van der Waals surface area contributed by atoms with Gasteiger partial charge in [0.15, 0.2) is 25.1 Å². The molecule has 1 saturated carbocycles. The van der Waals surface area contributed by atoms with E-state index in [9.17, 15) is 13.9 Å². The molecule has 1 unspecified atom stereocenters. The summed E-state index contributed by atoms with van der Waals surface area (Å²) in [4.78, 5) is 0. The normalized spacial score (nSPS) is 18.7. The lowest BCUT2D eigenvalue weighted by Gasteiger charge is -2.28. The van der Waals surface area contributed by atoms with Crippen molar-refractivity contribution in [3.63, 3.8) is 0 Å². The predicted molar refractivity (Wildman–Crippen MR) is 73.6 cm³/mol. The number of ether oxygens (including phenoxy) is 1. The van der Waals surface area contributed by atoms with Crippen LogP contribution in [0.2, 0.25) is 0 Å². The number of hydrogen-bond donors (Lipinski definition) is 1. The molecule has 0 aliphatic heterocycles. The third-order valence-electron chi connectivity index (χ3n) is 3.23. The maximum absolute atomic E-state index is 14.0. The summed E-state index contributed by atoms with van der Waals surface area (Å²) in [5.74, 6) is -1.86. The van der Waals surface area contributed by atoms with Gasteiger partial charge < -0.3 is 9.84 Å². The van der Waals surface area contributed by atoms with E-state index in [2.05, 4.69) is 0 Å². The Morgan fingerprint density at radius 2 is 1.90 bits per heavy atom. The summed E-state index contributed by atoms with van der Waals surface area (Å²) in [6, 6.07) is 1.97. The van der Waals surface area contributed by atoms with Crippen molar-refractivity contribution < 1.29 is 18.6 Å². The molecule has 1 atom stereocenters. The van der Waals surface area contributed by atoms with E-state index in [0.717, 1.165) is 18.9 Å². The molecule has 1 N–H and O–H groups in total. The van der Waals surface area contributed by atoms with Crippen molar-refractivity contribution in [1.29, 1.82) is 0 Å². The Morgan fingerprint density at radius 1 is 1.30 bits per heavy atom. The van der Waals surface area contributed by atoms with Crippen LogP contribution in [0.4, 0.5) is 8.78 Å². The van der Waals surface area contributed by atoms with E-state index in [-0.39, 0.29) is 17.1 Å². The highest BCUT2D eigenvalue weighted by Crippen LogP contribution is 2.41. The second kappa shape index (κ2) is 5.03. The molecule has 20 heavy (non-hydrogen) atoms. The average molecular weight is 280 g/mol. The predicted octanol–water partition coefficient (Wildman–Crippen LogP) is 3.16. The van der Waals surface area contributed by atoms with Crippen molar-refractivity contribution in [2.24, 2.45) is 11.3 Å². The molecular formula is C15H19BF2O2. The van der Waals surface area contributed by atoms with Gasteiger partial charge in [-0.3, -0.25) is 0 Å². The molecule has 1 aromatic rings. The summed E-state index contributed by atoms with van der Waals surface area (Å²) in [7, 11) is 5.67. The Kier molecular flexibility index (Phi) is 3.84. The SMILES string of the molecule is [B]C(O)(Oc1c(F)cc(F)cc1CC(C)(C)C)C1CC1. The topological polar surface area (TPSA) is 29.5 Å². The zero-order chi connectivity index (χ0) is 15.1. The fourth-order valence-corrected chi connectivity index (χ4v) is 2.17. The van der Waals surface area contributed by atoms with Gasteiger partial charge in [0.1, 0.15) is 5.82 Å². The average Bonchev–Trinajstić information content (AvgIpc) is 3.04. The van der Waals surface area contributed by atoms with Crippen molar-refractivity contribution in [2.75, 3.05) is 0 Å². The van der Waals surface area contributed by atoms with E-state index < -0.39 is 17.3 Å². The number of aliphatic hydroxyl groups is 1. The van der Waals surface area contributed by atoms with Gasteiger partial charge in [-0.05, 0) is 30.7 Å². The van der Waals surface area contributed by atoms with Crippen molar-refractivity contribution in [3.8, 4) is 5.75 Å². The maximum atomic E-state index is 14.0. The van der Waals surface area contributed by atoms with Gasteiger partial charge in [0.05, 0.1) is 0 Å². The largest absolute Gasteiger partial charge is 0.469 e. The van der Waals surface area contributed by atoms with Crippen LogP contribution in [-0.2, 0) is 6.42 Å². The van der Waals surface area contributed by atoms with Gasteiger partial charge in [-0.25, -0.2) is 8.78 Å². The summed E-state index contributed by atoms with van der Waals surface area (Å²) in [6.45, 7) is 5.86. The number of benzene rings is 1. The van der Waals surface area contributed by atoms with Crippen LogP contribution in [0.5, 0.6) is 5.75 Å². The molecule has 0 spiro atoms. The second-order valence-corrected chi connectivity index (χ2v) is 6.74. The molecule has 0 heterocycles. The molecule has 5 heteroatoms. The van der Waals surface area contributed by atoms with E-state index in [1.54, 1.807) is 0 Å². The molecule has 1 aliphatic carbocycles. The van der Waals surface area contributed by atoms with Crippen LogP contribution in [0.1, 0.15) is 39.2 Å². The van der Waals surface area contributed by atoms with E-state index in [1.807, 2.05) is 20.8 Å². The number of halogens is 2. The number of rotatable bonds is 4. The molecule has 0 amide bonds. The molecule has 2 rings (SSSR count). The van der Waals surface area contributed by atoms with Crippen LogP contribution in [-0.4, -0.2) is 18.6 Å². The smallest absolute Gasteiger partial charge is 0.173 e. The third kappa shape index (κ3) is 3.72.